The molecule has 154 valence electrons. The maximum Gasteiger partial charge on any atom is 0.407 e. The summed E-state index contributed by atoms with van der Waals surface area (Å²) in [5.41, 5.74) is 6.79. The van der Waals surface area contributed by atoms with Crippen LogP contribution in [0.25, 0.3) is 23.3 Å². The van der Waals surface area contributed by atoms with E-state index in [1.807, 2.05) is 60.7 Å². The number of rotatable bonds is 7. The van der Waals surface area contributed by atoms with E-state index in [0.717, 1.165) is 17.4 Å². The first kappa shape index (κ1) is 20.4. The molecule has 0 aromatic heterocycles. The van der Waals surface area contributed by atoms with E-state index in [9.17, 15) is 9.59 Å². The summed E-state index contributed by atoms with van der Waals surface area (Å²) in [6.45, 7) is 0.683. The molecule has 1 aliphatic carbocycles. The first-order valence-electron chi connectivity index (χ1n) is 10.2. The van der Waals surface area contributed by atoms with Crippen molar-refractivity contribution in [2.24, 2.45) is 0 Å². The molecular formula is C27H23NO3. The Hall–Kier alpha value is -3.92. The molecule has 1 N–H and O–H groups in total. The summed E-state index contributed by atoms with van der Waals surface area (Å²) in [5.74, 6) is 0.0560. The highest BCUT2D eigenvalue weighted by Gasteiger charge is 2.28. The molecule has 0 atom stereocenters. The molecule has 0 saturated heterocycles. The van der Waals surface area contributed by atoms with Gasteiger partial charge in [-0.15, -0.1) is 0 Å². The van der Waals surface area contributed by atoms with Crippen molar-refractivity contribution in [2.45, 2.75) is 5.92 Å². The highest BCUT2D eigenvalue weighted by molar-refractivity contribution is 5.79. The summed E-state index contributed by atoms with van der Waals surface area (Å²) in [6, 6.07) is 24.3. The van der Waals surface area contributed by atoms with Crippen molar-refractivity contribution in [2.75, 3.05) is 13.2 Å². The summed E-state index contributed by atoms with van der Waals surface area (Å²) in [4.78, 5) is 22.5. The van der Waals surface area contributed by atoms with Gasteiger partial charge in [-0.25, -0.2) is 4.79 Å². The molecule has 1 amide bonds. The Morgan fingerprint density at radius 3 is 2.03 bits per heavy atom. The second-order valence-corrected chi connectivity index (χ2v) is 7.27. The van der Waals surface area contributed by atoms with E-state index in [2.05, 4.69) is 29.6 Å². The van der Waals surface area contributed by atoms with Gasteiger partial charge in [0.15, 0.2) is 0 Å². The topological polar surface area (TPSA) is 55.4 Å². The fourth-order valence-electron chi connectivity index (χ4n) is 3.86. The summed E-state index contributed by atoms with van der Waals surface area (Å²) in [5, 5.41) is 2.77. The predicted molar refractivity (Wildman–Crippen MR) is 124 cm³/mol. The minimum Gasteiger partial charge on any atom is -0.449 e. The first-order chi connectivity index (χ1) is 15.3. The Morgan fingerprint density at radius 1 is 0.839 bits per heavy atom. The molecule has 4 nitrogen and oxygen atoms in total. The number of benzene rings is 3. The van der Waals surface area contributed by atoms with E-state index in [1.54, 1.807) is 6.08 Å². The Bertz CT molecular complexity index is 1080. The van der Waals surface area contributed by atoms with Gasteiger partial charge >= 0.3 is 6.09 Å². The van der Waals surface area contributed by atoms with Gasteiger partial charge in [-0.05, 0) is 39.5 Å². The highest BCUT2D eigenvalue weighted by atomic mass is 16.5. The van der Waals surface area contributed by atoms with E-state index < -0.39 is 6.09 Å². The lowest BCUT2D eigenvalue weighted by Gasteiger charge is -2.14. The molecular weight excluding hydrogens is 386 g/mol. The zero-order chi connectivity index (χ0) is 21.5. The van der Waals surface area contributed by atoms with Crippen LogP contribution in [0.1, 0.15) is 28.2 Å². The van der Waals surface area contributed by atoms with Gasteiger partial charge in [-0.1, -0.05) is 91.0 Å². The number of hydrogen-bond acceptors (Lipinski definition) is 3. The maximum atomic E-state index is 12.2. The van der Waals surface area contributed by atoms with Crippen molar-refractivity contribution in [3.8, 4) is 11.1 Å². The van der Waals surface area contributed by atoms with Gasteiger partial charge in [0.05, 0.1) is 0 Å². The fraction of sp³-hybridized carbons (Fsp3) is 0.111. The highest BCUT2D eigenvalue weighted by Crippen LogP contribution is 2.44. The minimum atomic E-state index is -0.430. The molecule has 0 radical (unpaired) electrons. The molecule has 31 heavy (non-hydrogen) atoms. The fourth-order valence-corrected chi connectivity index (χ4v) is 3.86. The SMILES string of the molecule is O=C/C=C/c1ccc(C=CCNC(=O)OCC2c3ccccc3-c3ccccc32)cc1. The molecule has 4 rings (SSSR count). The molecule has 1 aliphatic rings. The Kier molecular flexibility index (Phi) is 6.38. The number of fused-ring (bicyclic) bond motifs is 3. The van der Waals surface area contributed by atoms with Crippen LogP contribution in [0.5, 0.6) is 0 Å². The van der Waals surface area contributed by atoms with Gasteiger partial charge in [0.2, 0.25) is 0 Å². The van der Waals surface area contributed by atoms with Gasteiger partial charge in [0.1, 0.15) is 12.9 Å². The number of hydrogen-bond donors (Lipinski definition) is 1. The van der Waals surface area contributed by atoms with Crippen molar-refractivity contribution >= 4 is 24.5 Å². The van der Waals surface area contributed by atoms with Gasteiger partial charge in [-0.2, -0.15) is 0 Å². The van der Waals surface area contributed by atoms with Gasteiger partial charge in [-0.3, -0.25) is 4.79 Å². The Morgan fingerprint density at radius 2 is 1.42 bits per heavy atom. The van der Waals surface area contributed by atoms with E-state index in [0.29, 0.717) is 13.2 Å². The lowest BCUT2D eigenvalue weighted by Crippen LogP contribution is -2.26. The van der Waals surface area contributed by atoms with Crippen molar-refractivity contribution in [1.29, 1.82) is 0 Å². The smallest absolute Gasteiger partial charge is 0.407 e. The van der Waals surface area contributed by atoms with Crippen LogP contribution in [0, 0.1) is 0 Å². The number of carbonyl (C=O) groups excluding carboxylic acids is 2. The zero-order valence-corrected chi connectivity index (χ0v) is 17.0. The maximum absolute atomic E-state index is 12.2. The molecule has 0 bridgehead atoms. The van der Waals surface area contributed by atoms with Crippen LogP contribution in [0.15, 0.2) is 84.9 Å². The summed E-state index contributed by atoms with van der Waals surface area (Å²) < 4.78 is 5.53. The minimum absolute atomic E-state index is 0.0560. The molecule has 3 aromatic carbocycles. The van der Waals surface area contributed by atoms with Crippen LogP contribution in [-0.2, 0) is 9.53 Å². The first-order valence-corrected chi connectivity index (χ1v) is 10.2. The van der Waals surface area contributed by atoms with Crippen LogP contribution in [0.2, 0.25) is 0 Å². The largest absolute Gasteiger partial charge is 0.449 e. The number of ether oxygens (including phenoxy) is 1. The van der Waals surface area contributed by atoms with Crippen molar-refractivity contribution < 1.29 is 14.3 Å². The number of carbonyl (C=O) groups is 2. The summed E-state index contributed by atoms with van der Waals surface area (Å²) in [7, 11) is 0. The van der Waals surface area contributed by atoms with Gasteiger partial charge in [0.25, 0.3) is 0 Å². The van der Waals surface area contributed by atoms with Crippen LogP contribution in [0.3, 0.4) is 0 Å². The number of nitrogens with one attached hydrogen (secondary N) is 1. The van der Waals surface area contributed by atoms with Gasteiger partial charge in [0, 0.05) is 12.5 Å². The second-order valence-electron chi connectivity index (χ2n) is 7.27. The van der Waals surface area contributed by atoms with Crippen LogP contribution in [-0.4, -0.2) is 25.5 Å². The van der Waals surface area contributed by atoms with E-state index in [-0.39, 0.29) is 5.92 Å². The molecule has 0 fully saturated rings. The second kappa shape index (κ2) is 9.72. The zero-order valence-electron chi connectivity index (χ0n) is 17.0. The molecule has 4 heteroatoms. The van der Waals surface area contributed by atoms with E-state index >= 15 is 0 Å². The quantitative estimate of drug-likeness (QED) is 0.417. The van der Waals surface area contributed by atoms with Crippen LogP contribution >= 0.6 is 0 Å². The Balaban J connectivity index is 1.29. The number of amides is 1. The third-order valence-corrected chi connectivity index (χ3v) is 5.32. The van der Waals surface area contributed by atoms with Crippen LogP contribution < -0.4 is 5.32 Å². The molecule has 3 aromatic rings. The molecule has 0 unspecified atom stereocenters. The third kappa shape index (κ3) is 4.81. The predicted octanol–water partition coefficient (Wildman–Crippen LogP) is 5.45. The molecule has 0 heterocycles. The summed E-state index contributed by atoms with van der Waals surface area (Å²) in [6.07, 6.45) is 7.33. The third-order valence-electron chi connectivity index (χ3n) is 5.32. The Labute approximate surface area is 181 Å². The lowest BCUT2D eigenvalue weighted by atomic mass is 9.98. The van der Waals surface area contributed by atoms with Crippen molar-refractivity contribution in [3.63, 3.8) is 0 Å². The molecule has 0 saturated carbocycles. The number of aldehydes is 1. The van der Waals surface area contributed by atoms with Crippen LogP contribution in [0.4, 0.5) is 4.79 Å². The number of alkyl carbamates (subject to hydrolysis) is 1. The summed E-state index contributed by atoms with van der Waals surface area (Å²) >= 11 is 0. The average molecular weight is 409 g/mol. The molecule has 0 aliphatic heterocycles. The number of allylic oxidation sites excluding steroid dienone is 1. The van der Waals surface area contributed by atoms with Gasteiger partial charge < -0.3 is 10.1 Å². The van der Waals surface area contributed by atoms with E-state index in [1.165, 1.54) is 28.3 Å². The van der Waals surface area contributed by atoms with Crippen molar-refractivity contribution in [3.05, 3.63) is 107 Å². The lowest BCUT2D eigenvalue weighted by molar-refractivity contribution is -0.104. The molecule has 0 spiro atoms. The van der Waals surface area contributed by atoms with Crippen molar-refractivity contribution in [1.82, 2.24) is 5.32 Å². The standard InChI is InChI=1S/C27H23NO3/c29-18-6-8-21-15-13-20(14-16-21)7-5-17-28-27(30)31-19-26-24-11-3-1-9-22(24)23-10-2-4-12-25(23)26/h1-16,18,26H,17,19H2,(H,28,30)/b7-5?,8-6+. The monoisotopic (exact) mass is 409 g/mol. The van der Waals surface area contributed by atoms with E-state index in [4.69, 9.17) is 4.74 Å². The average Bonchev–Trinajstić information content (AvgIpc) is 3.14. The normalized spacial score (nSPS) is 12.6.